The molecule has 0 saturated heterocycles. The van der Waals surface area contributed by atoms with E-state index in [-0.39, 0.29) is 29.6 Å². The molecule has 34 heavy (non-hydrogen) atoms. The average molecular weight is 462 g/mol. The first kappa shape index (κ1) is 24.0. The lowest BCUT2D eigenvalue weighted by Crippen LogP contribution is -2.19. The molecule has 3 rings (SSSR count). The minimum Gasteiger partial charge on any atom is -0.382 e. The van der Waals surface area contributed by atoms with Gasteiger partial charge in [-0.25, -0.2) is 14.4 Å². The third kappa shape index (κ3) is 6.42. The van der Waals surface area contributed by atoms with E-state index in [4.69, 9.17) is 15.7 Å². The van der Waals surface area contributed by atoms with Crippen LogP contribution >= 0.6 is 0 Å². The fourth-order valence-electron chi connectivity index (χ4n) is 2.68. The van der Waals surface area contributed by atoms with Crippen molar-refractivity contribution in [3.05, 3.63) is 90.0 Å². The van der Waals surface area contributed by atoms with E-state index in [0.717, 1.165) is 0 Å². The van der Waals surface area contributed by atoms with Crippen LogP contribution in [0.2, 0.25) is 0 Å². The summed E-state index contributed by atoms with van der Waals surface area (Å²) in [6, 6.07) is 4.84. The second kappa shape index (κ2) is 11.8. The normalized spacial score (nSPS) is 12.1. The van der Waals surface area contributed by atoms with Gasteiger partial charge in [-0.2, -0.15) is 0 Å². The lowest BCUT2D eigenvalue weighted by atomic mass is 10.2. The molecule has 0 saturated carbocycles. The summed E-state index contributed by atoms with van der Waals surface area (Å²) in [7, 11) is 0. The number of alkyl halides is 1. The number of nitrogens with one attached hydrogen (secondary N) is 3. The Kier molecular flexibility index (Phi) is 8.33. The van der Waals surface area contributed by atoms with E-state index in [1.165, 1.54) is 24.7 Å². The van der Waals surface area contributed by atoms with Gasteiger partial charge in [-0.1, -0.05) is 23.4 Å². The largest absolute Gasteiger partial charge is 0.382 e. The first-order chi connectivity index (χ1) is 16.5. The molecule has 1 amide bonds. The maximum atomic E-state index is 13.3. The highest BCUT2D eigenvalue weighted by atomic mass is 19.1. The summed E-state index contributed by atoms with van der Waals surface area (Å²) in [5.41, 5.74) is 7.78. The number of amides is 1. The molecule has 3 heterocycles. The monoisotopic (exact) mass is 462 g/mol. The number of carbonyl (C=O) groups excluding carboxylic acids is 1. The van der Waals surface area contributed by atoms with E-state index in [1.54, 1.807) is 42.6 Å². The van der Waals surface area contributed by atoms with Crippen LogP contribution in [0.4, 0.5) is 15.9 Å². The molecule has 11 heteroatoms. The first-order valence-corrected chi connectivity index (χ1v) is 10.2. The molecular weight excluding hydrogens is 439 g/mol. The van der Waals surface area contributed by atoms with Gasteiger partial charge in [0.1, 0.15) is 30.0 Å². The summed E-state index contributed by atoms with van der Waals surface area (Å²) < 4.78 is 18.2. The molecule has 0 bridgehead atoms. The molecule has 0 unspecified atom stereocenters. The summed E-state index contributed by atoms with van der Waals surface area (Å²) in [5.74, 6) is -0.404. The number of rotatable bonds is 10. The van der Waals surface area contributed by atoms with E-state index >= 15 is 0 Å². The topological polar surface area (TPSA) is 156 Å². The maximum Gasteiger partial charge on any atom is 0.257 e. The Labute approximate surface area is 195 Å². The van der Waals surface area contributed by atoms with Crippen LogP contribution in [-0.2, 0) is 0 Å². The number of halogens is 1. The molecule has 174 valence electrons. The predicted molar refractivity (Wildman–Crippen MR) is 127 cm³/mol. The molecule has 0 aliphatic heterocycles. The fraction of sp³-hybridized carbons (Fsp3) is 0.130. The van der Waals surface area contributed by atoms with Crippen molar-refractivity contribution in [2.45, 2.75) is 6.92 Å². The highest BCUT2D eigenvalue weighted by Gasteiger charge is 2.14. The van der Waals surface area contributed by atoms with Gasteiger partial charge in [0.15, 0.2) is 11.6 Å². The van der Waals surface area contributed by atoms with Crippen molar-refractivity contribution >= 4 is 28.8 Å². The van der Waals surface area contributed by atoms with Crippen molar-refractivity contribution in [1.29, 1.82) is 5.41 Å². The number of allylic oxidation sites excluding steroid dienone is 4. The Morgan fingerprint density at radius 1 is 1.32 bits per heavy atom. The second-order valence-corrected chi connectivity index (χ2v) is 6.88. The highest BCUT2D eigenvalue weighted by molar-refractivity contribution is 6.08. The number of pyridine rings is 1. The van der Waals surface area contributed by atoms with Crippen LogP contribution < -0.4 is 16.4 Å². The van der Waals surface area contributed by atoms with Crippen molar-refractivity contribution in [3.8, 4) is 0 Å². The minimum atomic E-state index is -0.632. The molecule has 0 aliphatic rings. The van der Waals surface area contributed by atoms with Gasteiger partial charge in [0.25, 0.3) is 5.91 Å². The summed E-state index contributed by atoms with van der Waals surface area (Å²) in [6.07, 6.45) is 12.3. The summed E-state index contributed by atoms with van der Waals surface area (Å²) in [4.78, 5) is 24.5. The highest BCUT2D eigenvalue weighted by Crippen LogP contribution is 2.17. The molecule has 3 aromatic heterocycles. The number of aromatic nitrogens is 4. The van der Waals surface area contributed by atoms with Crippen LogP contribution in [0.15, 0.2) is 77.5 Å². The molecule has 0 atom stereocenters. The van der Waals surface area contributed by atoms with Gasteiger partial charge in [-0.05, 0) is 30.7 Å². The number of nitrogens with zero attached hydrogens (tertiary/aromatic N) is 4. The third-order valence-corrected chi connectivity index (χ3v) is 4.44. The third-order valence-electron chi connectivity index (χ3n) is 4.44. The van der Waals surface area contributed by atoms with Crippen LogP contribution in [0, 0.1) is 5.41 Å². The predicted octanol–water partition coefficient (Wildman–Crippen LogP) is 3.16. The Morgan fingerprint density at radius 2 is 2.18 bits per heavy atom. The number of nitrogens with two attached hydrogens (primary N) is 1. The SMILES string of the molecule is C/C=C\C=C(/CF)CN/C(=C\C(=N)c1ncc(NC(=O)c2cccnc2)c(N)n1)c1ccon1. The van der Waals surface area contributed by atoms with E-state index < -0.39 is 12.6 Å². The molecular formula is C23H23FN8O2. The van der Waals surface area contributed by atoms with Gasteiger partial charge >= 0.3 is 0 Å². The standard InChI is InChI=1S/C23H23FN8O2/c1-2-3-5-15(11-24)12-28-19(18-7-9-34-32-18)10-17(25)22-29-14-20(21(26)31-22)30-23(33)16-6-4-8-27-13-16/h2-10,13-14,25,28H,11-12H2,1H3,(H,30,33)(H2,26,29,31)/b3-2-,15-5+,19-10-,25-17?. The van der Waals surface area contributed by atoms with E-state index in [2.05, 4.69) is 30.7 Å². The van der Waals surface area contributed by atoms with E-state index in [0.29, 0.717) is 22.5 Å². The van der Waals surface area contributed by atoms with Crippen molar-refractivity contribution in [3.63, 3.8) is 0 Å². The Hall–Kier alpha value is -4.67. The molecule has 5 N–H and O–H groups in total. The Balaban J connectivity index is 1.78. The zero-order chi connectivity index (χ0) is 24.3. The molecule has 10 nitrogen and oxygen atoms in total. The van der Waals surface area contributed by atoms with Gasteiger partial charge in [0, 0.05) is 25.0 Å². The van der Waals surface area contributed by atoms with Crippen molar-refractivity contribution in [1.82, 2.24) is 25.4 Å². The van der Waals surface area contributed by atoms with Crippen molar-refractivity contribution in [2.24, 2.45) is 0 Å². The number of nitrogen functional groups attached to an aromatic ring is 1. The van der Waals surface area contributed by atoms with Crippen LogP contribution in [0.3, 0.4) is 0 Å². The minimum absolute atomic E-state index is 0.00895. The van der Waals surface area contributed by atoms with Crippen molar-refractivity contribution in [2.75, 3.05) is 24.3 Å². The van der Waals surface area contributed by atoms with Gasteiger partial charge in [0.05, 0.1) is 17.5 Å². The summed E-state index contributed by atoms with van der Waals surface area (Å²) >= 11 is 0. The number of carbonyl (C=O) groups is 1. The smallest absolute Gasteiger partial charge is 0.257 e. The van der Waals surface area contributed by atoms with Crippen molar-refractivity contribution < 1.29 is 13.7 Å². The van der Waals surface area contributed by atoms with Crippen LogP contribution in [-0.4, -0.2) is 44.9 Å². The van der Waals surface area contributed by atoms with Gasteiger partial charge in [0.2, 0.25) is 0 Å². The van der Waals surface area contributed by atoms with Crippen LogP contribution in [0.25, 0.3) is 5.70 Å². The van der Waals surface area contributed by atoms with Gasteiger partial charge in [-0.3, -0.25) is 15.2 Å². The lowest BCUT2D eigenvalue weighted by molar-refractivity contribution is 0.102. The molecule has 0 spiro atoms. The number of hydrogen-bond donors (Lipinski definition) is 4. The molecule has 3 aromatic rings. The van der Waals surface area contributed by atoms with Gasteiger partial charge < -0.3 is 20.9 Å². The number of hydrogen-bond acceptors (Lipinski definition) is 9. The second-order valence-electron chi connectivity index (χ2n) is 6.88. The Bertz CT molecular complexity index is 1220. The van der Waals surface area contributed by atoms with E-state index in [9.17, 15) is 9.18 Å². The summed E-state index contributed by atoms with van der Waals surface area (Å²) in [6.45, 7) is 1.39. The molecule has 0 fully saturated rings. The molecule has 0 aliphatic carbocycles. The first-order valence-electron chi connectivity index (χ1n) is 10.2. The number of anilines is 2. The zero-order valence-corrected chi connectivity index (χ0v) is 18.3. The fourth-order valence-corrected chi connectivity index (χ4v) is 2.68. The zero-order valence-electron chi connectivity index (χ0n) is 18.3. The Morgan fingerprint density at radius 3 is 2.82 bits per heavy atom. The molecule has 0 aromatic carbocycles. The maximum absolute atomic E-state index is 13.3. The quantitative estimate of drug-likeness (QED) is 0.264. The molecule has 0 radical (unpaired) electrons. The average Bonchev–Trinajstić information content (AvgIpc) is 3.40. The summed E-state index contributed by atoms with van der Waals surface area (Å²) in [5, 5.41) is 17.9. The van der Waals surface area contributed by atoms with Crippen LogP contribution in [0.1, 0.15) is 28.8 Å². The lowest BCUT2D eigenvalue weighted by Gasteiger charge is -2.11. The van der Waals surface area contributed by atoms with Crippen LogP contribution in [0.5, 0.6) is 0 Å². The van der Waals surface area contributed by atoms with Gasteiger partial charge in [-0.15, -0.1) is 0 Å². The van der Waals surface area contributed by atoms with E-state index in [1.807, 2.05) is 6.92 Å².